The molecule has 4 nitrogen and oxygen atoms in total. The van der Waals surface area contributed by atoms with E-state index >= 15 is 0 Å². The van der Waals surface area contributed by atoms with E-state index in [1.165, 1.54) is 0 Å². The fourth-order valence-electron chi connectivity index (χ4n) is 2.14. The standard InChI is InChI=1S/C17H21NO3/c1-11-7-14(13(3)19)5-6-17(11)21-10-15-9-16(20-4)8-12(2)18-15/h5-9,13,19H,10H2,1-4H3/t13-/m1/s1. The molecule has 0 unspecified atom stereocenters. The van der Waals surface area contributed by atoms with Crippen molar-refractivity contribution in [2.45, 2.75) is 33.5 Å². The van der Waals surface area contributed by atoms with Crippen LogP contribution in [0.15, 0.2) is 30.3 Å². The van der Waals surface area contributed by atoms with Crippen molar-refractivity contribution in [3.8, 4) is 11.5 Å². The van der Waals surface area contributed by atoms with Crippen LogP contribution in [0.2, 0.25) is 0 Å². The van der Waals surface area contributed by atoms with Gasteiger partial charge in [-0.15, -0.1) is 0 Å². The van der Waals surface area contributed by atoms with E-state index in [1.807, 2.05) is 44.2 Å². The van der Waals surface area contributed by atoms with Gasteiger partial charge in [0.2, 0.25) is 0 Å². The van der Waals surface area contributed by atoms with Gasteiger partial charge in [-0.2, -0.15) is 0 Å². The highest BCUT2D eigenvalue weighted by atomic mass is 16.5. The Labute approximate surface area is 125 Å². The van der Waals surface area contributed by atoms with Gasteiger partial charge in [0.05, 0.1) is 18.9 Å². The lowest BCUT2D eigenvalue weighted by Gasteiger charge is -2.12. The van der Waals surface area contributed by atoms with E-state index in [2.05, 4.69) is 4.98 Å². The molecule has 1 heterocycles. The molecule has 112 valence electrons. The van der Waals surface area contributed by atoms with E-state index < -0.39 is 6.10 Å². The Balaban J connectivity index is 2.11. The van der Waals surface area contributed by atoms with Gasteiger partial charge in [-0.3, -0.25) is 4.98 Å². The van der Waals surface area contributed by atoms with E-state index in [0.29, 0.717) is 6.61 Å². The predicted molar refractivity (Wildman–Crippen MR) is 81.7 cm³/mol. The van der Waals surface area contributed by atoms with E-state index in [0.717, 1.165) is 34.0 Å². The lowest BCUT2D eigenvalue weighted by atomic mass is 10.1. The second-order valence-electron chi connectivity index (χ2n) is 5.13. The molecule has 2 aromatic rings. The van der Waals surface area contributed by atoms with Crippen LogP contribution in [-0.4, -0.2) is 17.2 Å². The Bertz CT molecular complexity index is 623. The number of methoxy groups -OCH3 is 1. The third kappa shape index (κ3) is 3.95. The first-order valence-electron chi connectivity index (χ1n) is 6.92. The summed E-state index contributed by atoms with van der Waals surface area (Å²) in [5.74, 6) is 1.57. The average Bonchev–Trinajstić information content (AvgIpc) is 2.45. The number of ether oxygens (including phenoxy) is 2. The number of hydrogen-bond donors (Lipinski definition) is 1. The molecule has 0 aliphatic heterocycles. The molecule has 1 atom stereocenters. The van der Waals surface area contributed by atoms with Crippen molar-refractivity contribution in [3.05, 3.63) is 52.8 Å². The number of hydrogen-bond acceptors (Lipinski definition) is 4. The molecule has 0 radical (unpaired) electrons. The second-order valence-corrected chi connectivity index (χ2v) is 5.13. The van der Waals surface area contributed by atoms with Gasteiger partial charge in [0.1, 0.15) is 18.1 Å². The molecule has 0 bridgehead atoms. The molecule has 0 aliphatic rings. The molecule has 0 fully saturated rings. The van der Waals surface area contributed by atoms with Crippen molar-refractivity contribution in [3.63, 3.8) is 0 Å². The van der Waals surface area contributed by atoms with Crippen molar-refractivity contribution >= 4 is 0 Å². The fourth-order valence-corrected chi connectivity index (χ4v) is 2.14. The number of aromatic nitrogens is 1. The minimum Gasteiger partial charge on any atom is -0.497 e. The normalized spacial score (nSPS) is 12.0. The number of benzene rings is 1. The van der Waals surface area contributed by atoms with Crippen molar-refractivity contribution in [1.82, 2.24) is 4.98 Å². The zero-order chi connectivity index (χ0) is 15.4. The van der Waals surface area contributed by atoms with E-state index in [1.54, 1.807) is 14.0 Å². The molecule has 1 N–H and O–H groups in total. The smallest absolute Gasteiger partial charge is 0.130 e. The van der Waals surface area contributed by atoms with Crippen LogP contribution in [0, 0.1) is 13.8 Å². The summed E-state index contributed by atoms with van der Waals surface area (Å²) < 4.78 is 11.0. The maximum absolute atomic E-state index is 9.57. The van der Waals surface area contributed by atoms with E-state index in [9.17, 15) is 5.11 Å². The van der Waals surface area contributed by atoms with Crippen LogP contribution >= 0.6 is 0 Å². The number of aliphatic hydroxyl groups excluding tert-OH is 1. The van der Waals surface area contributed by atoms with Crippen molar-refractivity contribution in [2.24, 2.45) is 0 Å². The summed E-state index contributed by atoms with van der Waals surface area (Å²) in [5.41, 5.74) is 3.60. The zero-order valence-corrected chi connectivity index (χ0v) is 12.9. The van der Waals surface area contributed by atoms with Crippen molar-refractivity contribution < 1.29 is 14.6 Å². The lowest BCUT2D eigenvalue weighted by Crippen LogP contribution is -2.02. The molecule has 0 saturated carbocycles. The monoisotopic (exact) mass is 287 g/mol. The van der Waals surface area contributed by atoms with E-state index in [4.69, 9.17) is 9.47 Å². The first-order valence-corrected chi connectivity index (χ1v) is 6.92. The Morgan fingerprint density at radius 2 is 1.95 bits per heavy atom. The predicted octanol–water partition coefficient (Wildman–Crippen LogP) is 3.34. The third-order valence-corrected chi connectivity index (χ3v) is 3.27. The van der Waals surface area contributed by atoms with Gasteiger partial charge in [0, 0.05) is 17.8 Å². The topological polar surface area (TPSA) is 51.6 Å². The van der Waals surface area contributed by atoms with Gasteiger partial charge in [-0.1, -0.05) is 6.07 Å². The Morgan fingerprint density at radius 3 is 2.57 bits per heavy atom. The summed E-state index contributed by atoms with van der Waals surface area (Å²) in [7, 11) is 1.64. The van der Waals surface area contributed by atoms with Crippen LogP contribution in [0.25, 0.3) is 0 Å². The third-order valence-electron chi connectivity index (χ3n) is 3.27. The van der Waals surface area contributed by atoms with Gasteiger partial charge in [0.25, 0.3) is 0 Å². The van der Waals surface area contributed by atoms with Crippen LogP contribution in [0.1, 0.15) is 35.5 Å². The number of nitrogens with zero attached hydrogens (tertiary/aromatic N) is 1. The maximum atomic E-state index is 9.57. The SMILES string of the molecule is COc1cc(C)nc(COc2ccc([C@@H](C)O)cc2C)c1. The second kappa shape index (κ2) is 6.59. The Kier molecular flexibility index (Phi) is 4.81. The quantitative estimate of drug-likeness (QED) is 0.916. The van der Waals surface area contributed by atoms with Gasteiger partial charge in [-0.05, 0) is 44.0 Å². The summed E-state index contributed by atoms with van der Waals surface area (Å²) in [6.07, 6.45) is -0.472. The first kappa shape index (κ1) is 15.3. The first-order chi connectivity index (χ1) is 9.99. The number of aryl methyl sites for hydroxylation is 2. The summed E-state index contributed by atoms with van der Waals surface area (Å²) in [5, 5.41) is 9.57. The van der Waals surface area contributed by atoms with Crippen LogP contribution in [-0.2, 0) is 6.61 Å². The number of rotatable bonds is 5. The van der Waals surface area contributed by atoms with E-state index in [-0.39, 0.29) is 0 Å². The van der Waals surface area contributed by atoms with Crippen LogP contribution < -0.4 is 9.47 Å². The fraction of sp³-hybridized carbons (Fsp3) is 0.353. The van der Waals surface area contributed by atoms with Crippen LogP contribution in [0.3, 0.4) is 0 Å². The Morgan fingerprint density at radius 1 is 1.19 bits per heavy atom. The molecule has 0 amide bonds. The highest BCUT2D eigenvalue weighted by Gasteiger charge is 2.07. The zero-order valence-electron chi connectivity index (χ0n) is 12.9. The molecule has 1 aromatic carbocycles. The molecule has 4 heteroatoms. The van der Waals surface area contributed by atoms with Crippen molar-refractivity contribution in [2.75, 3.05) is 7.11 Å². The number of pyridine rings is 1. The minimum atomic E-state index is -0.472. The number of aliphatic hydroxyl groups is 1. The maximum Gasteiger partial charge on any atom is 0.130 e. The lowest BCUT2D eigenvalue weighted by molar-refractivity contribution is 0.199. The van der Waals surface area contributed by atoms with Gasteiger partial charge in [0.15, 0.2) is 0 Å². The molecule has 0 aliphatic carbocycles. The summed E-state index contributed by atoms with van der Waals surface area (Å²) in [6.45, 7) is 6.02. The molecular formula is C17H21NO3. The van der Waals surface area contributed by atoms with Crippen molar-refractivity contribution in [1.29, 1.82) is 0 Å². The summed E-state index contributed by atoms with van der Waals surface area (Å²) in [4.78, 5) is 4.43. The molecular weight excluding hydrogens is 266 g/mol. The average molecular weight is 287 g/mol. The Hall–Kier alpha value is -2.07. The minimum absolute atomic E-state index is 0.382. The summed E-state index contributed by atoms with van der Waals surface area (Å²) >= 11 is 0. The van der Waals surface area contributed by atoms with Gasteiger partial charge >= 0.3 is 0 Å². The highest BCUT2D eigenvalue weighted by molar-refractivity contribution is 5.37. The van der Waals surface area contributed by atoms with Crippen LogP contribution in [0.5, 0.6) is 11.5 Å². The largest absolute Gasteiger partial charge is 0.497 e. The molecule has 1 aromatic heterocycles. The highest BCUT2D eigenvalue weighted by Crippen LogP contribution is 2.24. The molecule has 0 spiro atoms. The summed E-state index contributed by atoms with van der Waals surface area (Å²) in [6, 6.07) is 9.44. The van der Waals surface area contributed by atoms with Crippen LogP contribution in [0.4, 0.5) is 0 Å². The molecule has 21 heavy (non-hydrogen) atoms. The molecule has 2 rings (SSSR count). The van der Waals surface area contributed by atoms with Gasteiger partial charge in [-0.25, -0.2) is 0 Å². The molecule has 0 saturated heterocycles. The van der Waals surface area contributed by atoms with Gasteiger partial charge < -0.3 is 14.6 Å².